The van der Waals surface area contributed by atoms with E-state index < -0.39 is 0 Å². The molecule has 0 amide bonds. The zero-order valence-electron chi connectivity index (χ0n) is 10.7. The minimum Gasteiger partial charge on any atom is -0.307 e. The van der Waals surface area contributed by atoms with Crippen molar-refractivity contribution in [1.82, 2.24) is 10.3 Å². The molecule has 2 unspecified atom stereocenters. The lowest BCUT2D eigenvalue weighted by Crippen LogP contribution is -2.39. The molecule has 1 heterocycles. The summed E-state index contributed by atoms with van der Waals surface area (Å²) in [6.07, 6.45) is 1.71. The number of pyridine rings is 1. The molecule has 1 aromatic heterocycles. The molecule has 16 heavy (non-hydrogen) atoms. The Balaban J connectivity index is 2.73. The minimum absolute atomic E-state index is 0.218. The van der Waals surface area contributed by atoms with Gasteiger partial charge in [0.2, 0.25) is 0 Å². The molecule has 1 N–H and O–H groups in total. The van der Waals surface area contributed by atoms with Crippen LogP contribution in [0, 0.1) is 5.41 Å². The topological polar surface area (TPSA) is 24.9 Å². The molecule has 1 rings (SSSR count). The molecule has 0 saturated heterocycles. The van der Waals surface area contributed by atoms with Crippen LogP contribution in [-0.4, -0.2) is 11.0 Å². The molecule has 2 atom stereocenters. The van der Waals surface area contributed by atoms with Crippen molar-refractivity contribution in [3.63, 3.8) is 0 Å². The Morgan fingerprint density at radius 3 is 2.44 bits per heavy atom. The quantitative estimate of drug-likeness (QED) is 0.813. The lowest BCUT2D eigenvalue weighted by Gasteiger charge is -2.31. The standard InChI is InChI=1S/C13H21ClN2/c1-9(16-10(2)13(3,4)5)11-7-6-8-15-12(11)14/h6-10,16H,1-5H3. The molecule has 0 aromatic carbocycles. The van der Waals surface area contributed by atoms with E-state index in [1.54, 1.807) is 6.20 Å². The molecule has 2 nitrogen and oxygen atoms in total. The lowest BCUT2D eigenvalue weighted by atomic mass is 9.87. The van der Waals surface area contributed by atoms with Gasteiger partial charge in [-0.2, -0.15) is 0 Å². The second-order valence-electron chi connectivity index (χ2n) is 5.36. The maximum Gasteiger partial charge on any atom is 0.133 e. The summed E-state index contributed by atoms with van der Waals surface area (Å²) in [6.45, 7) is 11.0. The van der Waals surface area contributed by atoms with Crippen LogP contribution in [-0.2, 0) is 0 Å². The van der Waals surface area contributed by atoms with Crippen LogP contribution in [0.2, 0.25) is 5.15 Å². The predicted octanol–water partition coefficient (Wildman–Crippen LogP) is 3.82. The van der Waals surface area contributed by atoms with Gasteiger partial charge in [0, 0.05) is 23.8 Å². The fraction of sp³-hybridized carbons (Fsp3) is 0.615. The second-order valence-corrected chi connectivity index (χ2v) is 5.72. The SMILES string of the molecule is CC(NC(C)C(C)(C)C)c1cccnc1Cl. The Morgan fingerprint density at radius 1 is 1.31 bits per heavy atom. The van der Waals surface area contributed by atoms with Crippen LogP contribution in [0.15, 0.2) is 18.3 Å². The van der Waals surface area contributed by atoms with Crippen LogP contribution in [0.25, 0.3) is 0 Å². The number of hydrogen-bond donors (Lipinski definition) is 1. The van der Waals surface area contributed by atoms with Gasteiger partial charge in [0.25, 0.3) is 0 Å². The van der Waals surface area contributed by atoms with E-state index in [1.807, 2.05) is 12.1 Å². The summed E-state index contributed by atoms with van der Waals surface area (Å²) in [6, 6.07) is 4.57. The zero-order chi connectivity index (χ0) is 12.3. The highest BCUT2D eigenvalue weighted by molar-refractivity contribution is 6.30. The number of hydrogen-bond acceptors (Lipinski definition) is 2. The van der Waals surface area contributed by atoms with E-state index >= 15 is 0 Å². The van der Waals surface area contributed by atoms with Crippen molar-refractivity contribution in [1.29, 1.82) is 0 Å². The summed E-state index contributed by atoms with van der Waals surface area (Å²) >= 11 is 6.07. The van der Waals surface area contributed by atoms with Crippen molar-refractivity contribution in [3.8, 4) is 0 Å². The molecular formula is C13H21ClN2. The van der Waals surface area contributed by atoms with Gasteiger partial charge in [0.15, 0.2) is 0 Å². The van der Waals surface area contributed by atoms with Crippen molar-refractivity contribution in [2.75, 3.05) is 0 Å². The van der Waals surface area contributed by atoms with Crippen LogP contribution in [0.4, 0.5) is 0 Å². The average Bonchev–Trinajstić information content (AvgIpc) is 2.16. The zero-order valence-corrected chi connectivity index (χ0v) is 11.5. The van der Waals surface area contributed by atoms with Gasteiger partial charge in [0.1, 0.15) is 5.15 Å². The van der Waals surface area contributed by atoms with E-state index in [1.165, 1.54) is 0 Å². The van der Waals surface area contributed by atoms with Gasteiger partial charge in [-0.15, -0.1) is 0 Å². The molecule has 0 saturated carbocycles. The predicted molar refractivity (Wildman–Crippen MR) is 69.7 cm³/mol. The molecule has 0 aliphatic heterocycles. The van der Waals surface area contributed by atoms with Gasteiger partial charge >= 0.3 is 0 Å². The molecule has 0 aliphatic carbocycles. The number of nitrogens with one attached hydrogen (secondary N) is 1. The van der Waals surface area contributed by atoms with E-state index in [4.69, 9.17) is 11.6 Å². The summed E-state index contributed by atoms with van der Waals surface area (Å²) in [4.78, 5) is 4.10. The van der Waals surface area contributed by atoms with Gasteiger partial charge in [0.05, 0.1) is 0 Å². The lowest BCUT2D eigenvalue weighted by molar-refractivity contribution is 0.268. The first-order chi connectivity index (χ1) is 7.32. The van der Waals surface area contributed by atoms with Gasteiger partial charge in [-0.05, 0) is 25.3 Å². The Kier molecular flexibility index (Phi) is 4.34. The molecular weight excluding hydrogens is 220 g/mol. The Bertz CT molecular complexity index is 344. The third-order valence-corrected chi connectivity index (χ3v) is 3.37. The normalized spacial score (nSPS) is 15.9. The van der Waals surface area contributed by atoms with E-state index in [0.29, 0.717) is 11.2 Å². The van der Waals surface area contributed by atoms with Gasteiger partial charge in [-0.1, -0.05) is 38.4 Å². The fourth-order valence-electron chi connectivity index (χ4n) is 1.44. The first kappa shape index (κ1) is 13.5. The van der Waals surface area contributed by atoms with Crippen LogP contribution >= 0.6 is 11.6 Å². The molecule has 0 spiro atoms. The van der Waals surface area contributed by atoms with Crippen LogP contribution < -0.4 is 5.32 Å². The summed E-state index contributed by atoms with van der Waals surface area (Å²) in [5.41, 5.74) is 1.29. The van der Waals surface area contributed by atoms with Crippen LogP contribution in [0.5, 0.6) is 0 Å². The minimum atomic E-state index is 0.218. The summed E-state index contributed by atoms with van der Waals surface area (Å²) in [7, 11) is 0. The first-order valence-corrected chi connectivity index (χ1v) is 6.06. The highest BCUT2D eigenvalue weighted by Gasteiger charge is 2.22. The van der Waals surface area contributed by atoms with Gasteiger partial charge < -0.3 is 5.32 Å². The first-order valence-electron chi connectivity index (χ1n) is 5.69. The fourth-order valence-corrected chi connectivity index (χ4v) is 1.72. The van der Waals surface area contributed by atoms with Crippen molar-refractivity contribution in [2.45, 2.75) is 46.7 Å². The highest BCUT2D eigenvalue weighted by atomic mass is 35.5. The van der Waals surface area contributed by atoms with E-state index in [2.05, 4.69) is 44.9 Å². The van der Waals surface area contributed by atoms with Gasteiger partial charge in [-0.3, -0.25) is 0 Å². The smallest absolute Gasteiger partial charge is 0.133 e. The molecule has 0 radical (unpaired) electrons. The molecule has 90 valence electrons. The maximum atomic E-state index is 6.07. The summed E-state index contributed by atoms with van der Waals surface area (Å²) in [5.74, 6) is 0. The second kappa shape index (κ2) is 5.15. The van der Waals surface area contributed by atoms with E-state index in [0.717, 1.165) is 5.56 Å². The van der Waals surface area contributed by atoms with Gasteiger partial charge in [-0.25, -0.2) is 4.98 Å². The summed E-state index contributed by atoms with van der Waals surface area (Å²) in [5, 5.41) is 4.14. The van der Waals surface area contributed by atoms with Crippen molar-refractivity contribution in [2.24, 2.45) is 5.41 Å². The van der Waals surface area contributed by atoms with Crippen molar-refractivity contribution >= 4 is 11.6 Å². The number of aromatic nitrogens is 1. The third-order valence-electron chi connectivity index (χ3n) is 3.05. The Morgan fingerprint density at radius 2 is 1.94 bits per heavy atom. The highest BCUT2D eigenvalue weighted by Crippen LogP contribution is 2.24. The Hall–Kier alpha value is -0.600. The monoisotopic (exact) mass is 240 g/mol. The Labute approximate surface area is 103 Å². The van der Waals surface area contributed by atoms with E-state index in [-0.39, 0.29) is 11.5 Å². The number of rotatable bonds is 3. The van der Waals surface area contributed by atoms with Crippen molar-refractivity contribution < 1.29 is 0 Å². The molecule has 3 heteroatoms. The van der Waals surface area contributed by atoms with Crippen LogP contribution in [0.3, 0.4) is 0 Å². The average molecular weight is 241 g/mol. The third kappa shape index (κ3) is 3.46. The largest absolute Gasteiger partial charge is 0.307 e. The molecule has 0 bridgehead atoms. The van der Waals surface area contributed by atoms with Crippen LogP contribution in [0.1, 0.15) is 46.2 Å². The van der Waals surface area contributed by atoms with Crippen molar-refractivity contribution in [3.05, 3.63) is 29.0 Å². The van der Waals surface area contributed by atoms with E-state index in [9.17, 15) is 0 Å². The molecule has 0 fully saturated rings. The maximum absolute atomic E-state index is 6.07. The molecule has 1 aromatic rings. The number of halogens is 1. The molecule has 0 aliphatic rings. The number of nitrogens with zero attached hydrogens (tertiary/aromatic N) is 1. The summed E-state index contributed by atoms with van der Waals surface area (Å²) < 4.78 is 0.